The molecule has 0 fully saturated rings. The number of fused-ring (bicyclic) bond motifs is 1. The number of furan rings is 1. The molecule has 8 nitrogen and oxygen atoms in total. The second-order valence-electron chi connectivity index (χ2n) is 3.95. The number of ketones is 1. The quantitative estimate of drug-likeness (QED) is 0.442. The molecule has 0 aliphatic carbocycles. The molecule has 0 aliphatic heterocycles. The van der Waals surface area contributed by atoms with Gasteiger partial charge in [-0.15, -0.1) is 0 Å². The summed E-state index contributed by atoms with van der Waals surface area (Å²) in [6, 6.07) is 6.65. The van der Waals surface area contributed by atoms with Gasteiger partial charge in [-0.3, -0.25) is 19.9 Å². The Balaban J connectivity index is 2.02. The molecule has 0 radical (unpaired) electrons. The number of nitrogens with zero attached hydrogens (tertiary/aromatic N) is 1. The van der Waals surface area contributed by atoms with E-state index >= 15 is 0 Å². The zero-order valence-corrected chi connectivity index (χ0v) is 9.78. The molecule has 0 saturated heterocycles. The molecule has 0 bridgehead atoms. The van der Waals surface area contributed by atoms with Crippen molar-refractivity contribution in [2.45, 2.75) is 0 Å². The molecule has 0 amide bonds. The van der Waals surface area contributed by atoms with E-state index in [2.05, 4.69) is 4.98 Å². The van der Waals surface area contributed by atoms with Gasteiger partial charge in [0.05, 0.1) is 11.6 Å². The maximum atomic E-state index is 12.1. The largest absolute Gasteiger partial charge is 0.433 e. The third-order valence-corrected chi connectivity index (χ3v) is 2.68. The van der Waals surface area contributed by atoms with E-state index in [1.807, 2.05) is 0 Å². The first kappa shape index (κ1) is 11.9. The number of nitro groups is 1. The molecule has 3 rings (SSSR count). The van der Waals surface area contributed by atoms with Gasteiger partial charge >= 0.3 is 11.6 Å². The van der Waals surface area contributed by atoms with E-state index in [4.69, 9.17) is 8.83 Å². The molecule has 2 aromatic heterocycles. The Morgan fingerprint density at radius 2 is 2.00 bits per heavy atom. The predicted octanol–water partition coefficient (Wildman–Crippen LogP) is 1.85. The molecule has 0 atom stereocenters. The van der Waals surface area contributed by atoms with Crippen molar-refractivity contribution in [3.05, 3.63) is 62.3 Å². The highest BCUT2D eigenvalue weighted by Gasteiger charge is 2.19. The molecule has 8 heteroatoms. The van der Waals surface area contributed by atoms with E-state index in [9.17, 15) is 19.7 Å². The lowest BCUT2D eigenvalue weighted by atomic mass is 10.1. The number of hydrogen-bond acceptors (Lipinski definition) is 6. The fraction of sp³-hybridized carbons (Fsp3) is 0. The van der Waals surface area contributed by atoms with Gasteiger partial charge in [-0.2, -0.15) is 0 Å². The summed E-state index contributed by atoms with van der Waals surface area (Å²) in [7, 11) is 0. The molecule has 0 aliphatic rings. The number of H-pyrrole nitrogens is 1. The lowest BCUT2D eigenvalue weighted by Crippen LogP contribution is -1.99. The van der Waals surface area contributed by atoms with Crippen LogP contribution < -0.4 is 5.76 Å². The van der Waals surface area contributed by atoms with Crippen molar-refractivity contribution < 1.29 is 18.6 Å². The van der Waals surface area contributed by atoms with Gasteiger partial charge in [-0.25, -0.2) is 4.79 Å². The number of benzene rings is 1. The zero-order valence-electron chi connectivity index (χ0n) is 9.78. The summed E-state index contributed by atoms with van der Waals surface area (Å²) in [5, 5.41) is 10.5. The Kier molecular flexibility index (Phi) is 2.50. The molecule has 0 unspecified atom stereocenters. The van der Waals surface area contributed by atoms with Gasteiger partial charge in [0.1, 0.15) is 4.92 Å². The Morgan fingerprint density at radius 1 is 1.20 bits per heavy atom. The predicted molar refractivity (Wildman–Crippen MR) is 65.6 cm³/mol. The number of hydrogen-bond donors (Lipinski definition) is 1. The van der Waals surface area contributed by atoms with Crippen molar-refractivity contribution in [2.24, 2.45) is 0 Å². The van der Waals surface area contributed by atoms with Crippen LogP contribution in [0.5, 0.6) is 0 Å². The van der Waals surface area contributed by atoms with Gasteiger partial charge < -0.3 is 8.83 Å². The number of aromatic amines is 1. The minimum absolute atomic E-state index is 0.158. The Hall–Kier alpha value is -3.16. The van der Waals surface area contributed by atoms with E-state index in [0.717, 1.165) is 6.07 Å². The summed E-state index contributed by atoms with van der Waals surface area (Å²) >= 11 is 0. The van der Waals surface area contributed by atoms with Crippen LogP contribution in [-0.4, -0.2) is 15.7 Å². The molecule has 0 spiro atoms. The van der Waals surface area contributed by atoms with Crippen LogP contribution in [0.1, 0.15) is 16.1 Å². The standard InChI is InChI=1S/C12H6N2O6/c15-11(8-3-4-10(19-8)14(17)18)6-1-2-7-9(5-6)20-12(16)13-7/h1-5H,(H,13,16). The summed E-state index contributed by atoms with van der Waals surface area (Å²) in [6.45, 7) is 0. The highest BCUT2D eigenvalue weighted by atomic mass is 16.6. The van der Waals surface area contributed by atoms with Gasteiger partial charge in [-0.1, -0.05) is 0 Å². The van der Waals surface area contributed by atoms with Crippen LogP contribution in [0.15, 0.2) is 44.0 Å². The molecule has 1 N–H and O–H groups in total. The van der Waals surface area contributed by atoms with Crippen molar-refractivity contribution in [1.29, 1.82) is 0 Å². The minimum Gasteiger partial charge on any atom is -0.408 e. The summed E-state index contributed by atoms with van der Waals surface area (Å²) < 4.78 is 9.67. The molecule has 2 heterocycles. The Labute approximate surface area is 109 Å². The Bertz CT molecular complexity index is 885. The number of aromatic nitrogens is 1. The molecule has 1 aromatic carbocycles. The summed E-state index contributed by atoms with van der Waals surface area (Å²) in [5.41, 5.74) is 0.878. The lowest BCUT2D eigenvalue weighted by Gasteiger charge is -1.96. The zero-order chi connectivity index (χ0) is 14.3. The lowest BCUT2D eigenvalue weighted by molar-refractivity contribution is -0.402. The van der Waals surface area contributed by atoms with Crippen LogP contribution >= 0.6 is 0 Å². The molecule has 0 saturated carbocycles. The average molecular weight is 274 g/mol. The van der Waals surface area contributed by atoms with Gasteiger partial charge in [0.25, 0.3) is 0 Å². The van der Waals surface area contributed by atoms with Crippen LogP contribution in [0.2, 0.25) is 0 Å². The van der Waals surface area contributed by atoms with Crippen molar-refractivity contribution in [3.63, 3.8) is 0 Å². The Morgan fingerprint density at radius 3 is 2.70 bits per heavy atom. The van der Waals surface area contributed by atoms with E-state index < -0.39 is 22.3 Å². The van der Waals surface area contributed by atoms with E-state index in [1.54, 1.807) is 0 Å². The highest BCUT2D eigenvalue weighted by molar-refractivity contribution is 6.08. The first-order chi connectivity index (χ1) is 9.54. The maximum absolute atomic E-state index is 12.1. The molecule has 3 aromatic rings. The van der Waals surface area contributed by atoms with Gasteiger partial charge in [0.15, 0.2) is 11.3 Å². The second kappa shape index (κ2) is 4.19. The monoisotopic (exact) mass is 274 g/mol. The SMILES string of the molecule is O=C(c1ccc2[nH]c(=O)oc2c1)c1ccc([N+](=O)[O-])o1. The summed E-state index contributed by atoms with van der Waals surface area (Å²) in [5.74, 6) is -1.83. The third-order valence-electron chi connectivity index (χ3n) is 2.68. The number of oxazole rings is 1. The van der Waals surface area contributed by atoms with Crippen LogP contribution in [0, 0.1) is 10.1 Å². The first-order valence-corrected chi connectivity index (χ1v) is 5.46. The van der Waals surface area contributed by atoms with Gasteiger partial charge in [0, 0.05) is 5.56 Å². The van der Waals surface area contributed by atoms with Crippen LogP contribution in [0.25, 0.3) is 11.1 Å². The maximum Gasteiger partial charge on any atom is 0.433 e. The van der Waals surface area contributed by atoms with E-state index in [0.29, 0.717) is 5.52 Å². The fourth-order valence-electron chi connectivity index (χ4n) is 1.78. The summed E-state index contributed by atoms with van der Waals surface area (Å²) in [4.78, 5) is 35.3. The molecule has 20 heavy (non-hydrogen) atoms. The fourth-order valence-corrected chi connectivity index (χ4v) is 1.78. The number of rotatable bonds is 3. The molecular weight excluding hydrogens is 268 g/mol. The van der Waals surface area contributed by atoms with E-state index in [1.165, 1.54) is 24.3 Å². The number of carbonyl (C=O) groups excluding carboxylic acids is 1. The van der Waals surface area contributed by atoms with E-state index in [-0.39, 0.29) is 16.9 Å². The van der Waals surface area contributed by atoms with Gasteiger partial charge in [0.2, 0.25) is 5.78 Å². The minimum atomic E-state index is -0.731. The molecular formula is C12H6N2O6. The van der Waals surface area contributed by atoms with Crippen LogP contribution in [-0.2, 0) is 0 Å². The normalized spacial score (nSPS) is 10.8. The topological polar surface area (TPSA) is 119 Å². The van der Waals surface area contributed by atoms with Crippen LogP contribution in [0.4, 0.5) is 5.88 Å². The van der Waals surface area contributed by atoms with Crippen molar-refractivity contribution in [2.75, 3.05) is 0 Å². The van der Waals surface area contributed by atoms with Crippen LogP contribution in [0.3, 0.4) is 0 Å². The number of carbonyl (C=O) groups is 1. The molecule has 100 valence electrons. The highest BCUT2D eigenvalue weighted by Crippen LogP contribution is 2.20. The van der Waals surface area contributed by atoms with Gasteiger partial charge in [-0.05, 0) is 24.3 Å². The smallest absolute Gasteiger partial charge is 0.408 e. The average Bonchev–Trinajstić information content (AvgIpc) is 3.02. The first-order valence-electron chi connectivity index (χ1n) is 5.46. The van der Waals surface area contributed by atoms with Crippen molar-refractivity contribution in [3.8, 4) is 0 Å². The van der Waals surface area contributed by atoms with Crippen molar-refractivity contribution >= 4 is 22.8 Å². The number of nitrogens with one attached hydrogen (secondary N) is 1. The second-order valence-corrected chi connectivity index (χ2v) is 3.95. The third kappa shape index (κ3) is 1.88. The van der Waals surface area contributed by atoms with Crippen molar-refractivity contribution in [1.82, 2.24) is 4.98 Å². The summed E-state index contributed by atoms with van der Waals surface area (Å²) in [6.07, 6.45) is 0.